The number of furan rings is 1. The van der Waals surface area contributed by atoms with Crippen LogP contribution in [0.1, 0.15) is 39.7 Å². The first-order chi connectivity index (χ1) is 17.0. The summed E-state index contributed by atoms with van der Waals surface area (Å²) in [5.41, 5.74) is 7.10. The van der Waals surface area contributed by atoms with Crippen molar-refractivity contribution in [3.8, 4) is 22.4 Å². The predicted molar refractivity (Wildman–Crippen MR) is 145 cm³/mol. The molecule has 2 N–H and O–H groups in total. The molecular formula is C28H32N6O. The Balaban J connectivity index is 0.00000190. The molecule has 5 rings (SSSR count). The summed E-state index contributed by atoms with van der Waals surface area (Å²) in [6, 6.07) is 16.6. The molecule has 0 radical (unpaired) electrons. The zero-order chi connectivity index (χ0) is 24.4. The molecule has 0 aliphatic rings. The first-order valence-corrected chi connectivity index (χ1v) is 11.8. The lowest BCUT2D eigenvalue weighted by Gasteiger charge is -2.17. The number of rotatable bonds is 7. The second-order valence-electron chi connectivity index (χ2n) is 8.63. The average Bonchev–Trinajstić information content (AvgIpc) is 3.24. The molecule has 0 fully saturated rings. The Kier molecular flexibility index (Phi) is 6.14. The number of nitrogens with zero attached hydrogens (tertiary/aromatic N) is 4. The fourth-order valence-corrected chi connectivity index (χ4v) is 4.12. The lowest BCUT2D eigenvalue weighted by molar-refractivity contribution is 0.613. The van der Waals surface area contributed by atoms with Crippen molar-refractivity contribution >= 4 is 22.7 Å². The lowest BCUT2D eigenvalue weighted by atomic mass is 10.0. The van der Waals surface area contributed by atoms with Crippen LogP contribution in [0, 0.1) is 13.8 Å². The van der Waals surface area contributed by atoms with E-state index in [1.165, 1.54) is 0 Å². The van der Waals surface area contributed by atoms with E-state index in [1.807, 2.05) is 51.4 Å². The van der Waals surface area contributed by atoms with Gasteiger partial charge in [0.05, 0.1) is 12.0 Å². The van der Waals surface area contributed by atoms with E-state index in [2.05, 4.69) is 67.8 Å². The van der Waals surface area contributed by atoms with E-state index in [0.717, 1.165) is 56.8 Å². The molecule has 1 atom stereocenters. The molecule has 2 aromatic carbocycles. The molecular weight excluding hydrogens is 436 g/mol. The van der Waals surface area contributed by atoms with Crippen LogP contribution in [-0.4, -0.2) is 26.5 Å². The minimum Gasteiger partial charge on any atom is -0.464 e. The van der Waals surface area contributed by atoms with E-state index in [-0.39, 0.29) is 8.90 Å². The van der Waals surface area contributed by atoms with Crippen molar-refractivity contribution in [2.24, 2.45) is 0 Å². The summed E-state index contributed by atoms with van der Waals surface area (Å²) < 4.78 is 5.59. The van der Waals surface area contributed by atoms with Crippen LogP contribution in [0.4, 0.5) is 11.8 Å². The number of hydrogen-bond donors (Lipinski definition) is 2. The minimum absolute atomic E-state index is 0. The highest BCUT2D eigenvalue weighted by molar-refractivity contribution is 5.85. The molecule has 0 saturated heterocycles. The van der Waals surface area contributed by atoms with Crippen LogP contribution in [0.2, 0.25) is 0 Å². The molecule has 7 heteroatoms. The summed E-state index contributed by atoms with van der Waals surface area (Å²) in [6.45, 7) is 8.91. The van der Waals surface area contributed by atoms with Gasteiger partial charge in [0.2, 0.25) is 5.95 Å². The topological polar surface area (TPSA) is 88.8 Å². The van der Waals surface area contributed by atoms with Gasteiger partial charge in [-0.25, -0.2) is 19.9 Å². The number of benzene rings is 2. The second kappa shape index (κ2) is 9.54. The average molecular weight is 469 g/mol. The lowest BCUT2D eigenvalue weighted by Crippen LogP contribution is -2.09. The SMILES string of the molecule is CCNc1ncc(-c2cccc([C@H](C)Nc3cc(-c4ccc5occ(C)c5c4)nc(C)n3)c2)cn1.[HH].[HH]. The Bertz CT molecular complexity index is 1490. The van der Waals surface area contributed by atoms with E-state index >= 15 is 0 Å². The highest BCUT2D eigenvalue weighted by Crippen LogP contribution is 2.29. The van der Waals surface area contributed by atoms with Gasteiger partial charge in [-0.3, -0.25) is 0 Å². The molecule has 5 aromatic rings. The number of aromatic nitrogens is 4. The van der Waals surface area contributed by atoms with Crippen LogP contribution < -0.4 is 10.6 Å². The van der Waals surface area contributed by atoms with Crippen molar-refractivity contribution in [3.63, 3.8) is 0 Å². The third-order valence-electron chi connectivity index (χ3n) is 5.97. The van der Waals surface area contributed by atoms with Gasteiger partial charge >= 0.3 is 0 Å². The zero-order valence-electron chi connectivity index (χ0n) is 20.3. The van der Waals surface area contributed by atoms with Gasteiger partial charge in [-0.15, -0.1) is 0 Å². The third kappa shape index (κ3) is 4.84. The van der Waals surface area contributed by atoms with Gasteiger partial charge in [0, 0.05) is 50.4 Å². The maximum atomic E-state index is 5.59. The molecule has 7 nitrogen and oxygen atoms in total. The molecule has 3 aromatic heterocycles. The molecule has 35 heavy (non-hydrogen) atoms. The van der Waals surface area contributed by atoms with Crippen LogP contribution in [0.3, 0.4) is 0 Å². The van der Waals surface area contributed by atoms with Crippen molar-refractivity contribution in [2.45, 2.75) is 33.7 Å². The Morgan fingerprint density at radius 2 is 1.77 bits per heavy atom. The minimum atomic E-state index is 0. The molecule has 0 unspecified atom stereocenters. The van der Waals surface area contributed by atoms with Crippen molar-refractivity contribution in [1.82, 2.24) is 19.9 Å². The monoisotopic (exact) mass is 468 g/mol. The van der Waals surface area contributed by atoms with Crippen LogP contribution in [0.5, 0.6) is 0 Å². The smallest absolute Gasteiger partial charge is 0.222 e. The van der Waals surface area contributed by atoms with Gasteiger partial charge in [-0.2, -0.15) is 0 Å². The highest BCUT2D eigenvalue weighted by atomic mass is 16.3. The Morgan fingerprint density at radius 1 is 0.943 bits per heavy atom. The molecule has 0 bridgehead atoms. The largest absolute Gasteiger partial charge is 0.464 e. The van der Waals surface area contributed by atoms with Gasteiger partial charge in [-0.1, -0.05) is 18.2 Å². The molecule has 0 spiro atoms. The van der Waals surface area contributed by atoms with Crippen molar-refractivity contribution in [3.05, 3.63) is 84.1 Å². The summed E-state index contributed by atoms with van der Waals surface area (Å²) in [4.78, 5) is 18.1. The number of aryl methyl sites for hydroxylation is 2. The van der Waals surface area contributed by atoms with Crippen LogP contribution in [-0.2, 0) is 0 Å². The normalized spacial score (nSPS) is 12.0. The van der Waals surface area contributed by atoms with Crippen molar-refractivity contribution < 1.29 is 7.27 Å². The number of hydrogen-bond acceptors (Lipinski definition) is 7. The summed E-state index contributed by atoms with van der Waals surface area (Å²) in [5, 5.41) is 7.77. The van der Waals surface area contributed by atoms with Crippen molar-refractivity contribution in [1.29, 1.82) is 0 Å². The van der Waals surface area contributed by atoms with E-state index in [1.54, 1.807) is 6.26 Å². The van der Waals surface area contributed by atoms with Crippen LogP contribution >= 0.6 is 0 Å². The number of nitrogens with one attached hydrogen (secondary N) is 2. The third-order valence-corrected chi connectivity index (χ3v) is 5.97. The quantitative estimate of drug-likeness (QED) is 0.264. The molecule has 180 valence electrons. The van der Waals surface area contributed by atoms with E-state index < -0.39 is 0 Å². The molecule has 0 aliphatic heterocycles. The van der Waals surface area contributed by atoms with Gasteiger partial charge in [0.1, 0.15) is 17.2 Å². The van der Waals surface area contributed by atoms with Crippen LogP contribution in [0.15, 0.2) is 71.6 Å². The zero-order valence-corrected chi connectivity index (χ0v) is 20.3. The molecule has 3 heterocycles. The Morgan fingerprint density at radius 3 is 2.57 bits per heavy atom. The number of fused-ring (bicyclic) bond motifs is 1. The summed E-state index contributed by atoms with van der Waals surface area (Å²) in [6.07, 6.45) is 5.48. The molecule has 0 aliphatic carbocycles. The molecule has 0 amide bonds. The first kappa shape index (κ1) is 22.5. The van der Waals surface area contributed by atoms with Crippen LogP contribution in [0.25, 0.3) is 33.4 Å². The summed E-state index contributed by atoms with van der Waals surface area (Å²) in [5.74, 6) is 2.14. The van der Waals surface area contributed by atoms with Gasteiger partial charge < -0.3 is 15.1 Å². The number of anilines is 2. The van der Waals surface area contributed by atoms with Gasteiger partial charge in [0.25, 0.3) is 0 Å². The first-order valence-electron chi connectivity index (χ1n) is 11.8. The maximum Gasteiger partial charge on any atom is 0.222 e. The van der Waals surface area contributed by atoms with Gasteiger partial charge in [0.15, 0.2) is 0 Å². The fourth-order valence-electron chi connectivity index (χ4n) is 4.12. The van der Waals surface area contributed by atoms with E-state index in [9.17, 15) is 0 Å². The highest BCUT2D eigenvalue weighted by Gasteiger charge is 2.12. The Hall–Kier alpha value is -4.26. The fraction of sp³-hybridized carbons (Fsp3) is 0.214. The van der Waals surface area contributed by atoms with E-state index in [0.29, 0.717) is 11.8 Å². The van der Waals surface area contributed by atoms with Crippen molar-refractivity contribution in [2.75, 3.05) is 17.2 Å². The summed E-state index contributed by atoms with van der Waals surface area (Å²) >= 11 is 0. The van der Waals surface area contributed by atoms with E-state index in [4.69, 9.17) is 4.42 Å². The standard InChI is InChI=1S/C28H28N6O.2H2/c1-5-29-28-30-14-23(15-31-28)21-8-6-7-20(11-21)18(3)32-27-13-25(33-19(4)34-27)22-9-10-26-24(12-22)17(2)16-35-26;;/h6-16,18H,5H2,1-4H3,(H,29,30,31)(H,32,33,34);2*1H/t18-;;/m0../s1. The Labute approximate surface area is 207 Å². The maximum absolute atomic E-state index is 5.59. The van der Waals surface area contributed by atoms with Gasteiger partial charge in [-0.05, 0) is 68.7 Å². The summed E-state index contributed by atoms with van der Waals surface area (Å²) in [7, 11) is 0. The second-order valence-corrected chi connectivity index (χ2v) is 8.63. The molecule has 0 saturated carbocycles. The predicted octanol–water partition coefficient (Wildman–Crippen LogP) is 7.06.